The van der Waals surface area contributed by atoms with Gasteiger partial charge in [-0.2, -0.15) is 0 Å². The fourth-order valence-corrected chi connectivity index (χ4v) is 2.21. The van der Waals surface area contributed by atoms with Gasteiger partial charge in [-0.3, -0.25) is 4.98 Å². The van der Waals surface area contributed by atoms with Crippen LogP contribution in [0.25, 0.3) is 0 Å². The highest BCUT2D eigenvalue weighted by atomic mass is 19.1. The van der Waals surface area contributed by atoms with Gasteiger partial charge in [0, 0.05) is 0 Å². The van der Waals surface area contributed by atoms with Crippen molar-refractivity contribution in [1.82, 2.24) is 4.98 Å². The van der Waals surface area contributed by atoms with Crippen molar-refractivity contribution in [2.75, 3.05) is 7.11 Å². The molecule has 20 heavy (non-hydrogen) atoms. The molecule has 1 unspecified atom stereocenters. The normalized spacial score (nSPS) is 13.8. The van der Waals surface area contributed by atoms with Crippen LogP contribution in [0.1, 0.15) is 24.6 Å². The highest BCUT2D eigenvalue weighted by Gasteiger charge is 2.27. The highest BCUT2D eigenvalue weighted by Crippen LogP contribution is 2.26. The molecule has 1 heterocycles. The predicted molar refractivity (Wildman–Crippen MR) is 77.0 cm³/mol. The van der Waals surface area contributed by atoms with E-state index in [9.17, 15) is 4.39 Å². The Bertz CT molecular complexity index is 571. The lowest BCUT2D eigenvalue weighted by molar-refractivity contribution is 0.402. The van der Waals surface area contributed by atoms with Crippen LogP contribution in [0.15, 0.2) is 42.6 Å². The molecule has 0 radical (unpaired) electrons. The Labute approximate surface area is 118 Å². The largest absolute Gasteiger partial charge is 0.497 e. The molecule has 1 aromatic carbocycles. The molecule has 2 aromatic rings. The Kier molecular flexibility index (Phi) is 4.35. The van der Waals surface area contributed by atoms with Crippen molar-refractivity contribution in [1.29, 1.82) is 0 Å². The first-order chi connectivity index (χ1) is 9.57. The third kappa shape index (κ3) is 3.14. The summed E-state index contributed by atoms with van der Waals surface area (Å²) in [6, 6.07) is 10.8. The number of hydrogen-bond acceptors (Lipinski definition) is 3. The Balaban J connectivity index is 2.28. The zero-order valence-electron chi connectivity index (χ0n) is 11.8. The number of hydrogen-bond donors (Lipinski definition) is 1. The first kappa shape index (κ1) is 14.5. The molecule has 0 amide bonds. The summed E-state index contributed by atoms with van der Waals surface area (Å²) in [5.41, 5.74) is 7.62. The van der Waals surface area contributed by atoms with Crippen molar-refractivity contribution in [2.45, 2.75) is 25.3 Å². The number of pyridine rings is 1. The number of nitrogens with zero attached hydrogens (tertiary/aromatic N) is 1. The molecule has 106 valence electrons. The van der Waals surface area contributed by atoms with E-state index in [2.05, 4.69) is 4.98 Å². The Morgan fingerprint density at radius 3 is 2.70 bits per heavy atom. The van der Waals surface area contributed by atoms with E-state index in [-0.39, 0.29) is 5.82 Å². The molecule has 0 bridgehead atoms. The average molecular weight is 274 g/mol. The number of halogens is 1. The minimum absolute atomic E-state index is 0.353. The summed E-state index contributed by atoms with van der Waals surface area (Å²) >= 11 is 0. The molecule has 0 aliphatic carbocycles. The van der Waals surface area contributed by atoms with Crippen LogP contribution in [0, 0.1) is 5.82 Å². The predicted octanol–water partition coefficient (Wildman–Crippen LogP) is 3.04. The van der Waals surface area contributed by atoms with Crippen molar-refractivity contribution in [2.24, 2.45) is 5.73 Å². The number of nitrogens with two attached hydrogens (primary N) is 1. The quantitative estimate of drug-likeness (QED) is 0.911. The van der Waals surface area contributed by atoms with Crippen LogP contribution in [-0.2, 0) is 12.0 Å². The minimum atomic E-state index is -0.611. The Morgan fingerprint density at radius 1 is 1.30 bits per heavy atom. The van der Waals surface area contributed by atoms with Gasteiger partial charge >= 0.3 is 0 Å². The first-order valence-electron chi connectivity index (χ1n) is 6.61. The van der Waals surface area contributed by atoms with E-state index in [4.69, 9.17) is 10.5 Å². The first-order valence-corrected chi connectivity index (χ1v) is 6.61. The van der Waals surface area contributed by atoms with Gasteiger partial charge in [-0.1, -0.05) is 19.1 Å². The van der Waals surface area contributed by atoms with E-state index in [0.717, 1.165) is 11.3 Å². The molecular weight excluding hydrogens is 255 g/mol. The van der Waals surface area contributed by atoms with Crippen LogP contribution >= 0.6 is 0 Å². The molecule has 1 atom stereocenters. The van der Waals surface area contributed by atoms with Crippen molar-refractivity contribution in [3.8, 4) is 5.75 Å². The van der Waals surface area contributed by atoms with Crippen molar-refractivity contribution < 1.29 is 9.13 Å². The van der Waals surface area contributed by atoms with E-state index in [1.54, 1.807) is 13.2 Å². The van der Waals surface area contributed by atoms with Crippen molar-refractivity contribution >= 4 is 0 Å². The van der Waals surface area contributed by atoms with Gasteiger partial charge in [0.25, 0.3) is 0 Å². The fourth-order valence-electron chi connectivity index (χ4n) is 2.21. The molecule has 0 fully saturated rings. The SMILES string of the molecule is CCC(N)(Cc1cccc(OC)c1)c1ccc(F)cn1. The van der Waals surface area contributed by atoms with Crippen LogP contribution in [0.3, 0.4) is 0 Å². The average Bonchev–Trinajstić information content (AvgIpc) is 2.48. The zero-order valence-corrected chi connectivity index (χ0v) is 11.8. The second-order valence-corrected chi connectivity index (χ2v) is 4.90. The van der Waals surface area contributed by atoms with E-state index < -0.39 is 5.54 Å². The van der Waals surface area contributed by atoms with Crippen LogP contribution < -0.4 is 10.5 Å². The van der Waals surface area contributed by atoms with Crippen molar-refractivity contribution in [3.63, 3.8) is 0 Å². The number of rotatable bonds is 5. The van der Waals surface area contributed by atoms with E-state index >= 15 is 0 Å². The summed E-state index contributed by atoms with van der Waals surface area (Å²) < 4.78 is 18.2. The van der Waals surface area contributed by atoms with Crippen LogP contribution in [-0.4, -0.2) is 12.1 Å². The molecule has 4 heteroatoms. The smallest absolute Gasteiger partial charge is 0.141 e. The van der Waals surface area contributed by atoms with Gasteiger partial charge in [-0.15, -0.1) is 0 Å². The number of ether oxygens (including phenoxy) is 1. The molecule has 0 saturated carbocycles. The molecule has 2 N–H and O–H groups in total. The molecule has 0 spiro atoms. The van der Waals surface area contributed by atoms with Crippen LogP contribution in [0.5, 0.6) is 5.75 Å². The summed E-state index contributed by atoms with van der Waals surface area (Å²) in [5.74, 6) is 0.446. The summed E-state index contributed by atoms with van der Waals surface area (Å²) in [6.07, 6.45) is 2.54. The maximum atomic E-state index is 13.0. The van der Waals surface area contributed by atoms with Crippen LogP contribution in [0.2, 0.25) is 0 Å². The zero-order chi connectivity index (χ0) is 14.6. The molecular formula is C16H19FN2O. The van der Waals surface area contributed by atoms with Gasteiger partial charge in [-0.25, -0.2) is 4.39 Å². The molecule has 0 aliphatic rings. The second-order valence-electron chi connectivity index (χ2n) is 4.90. The Morgan fingerprint density at radius 2 is 2.10 bits per heavy atom. The van der Waals surface area contributed by atoms with E-state index in [0.29, 0.717) is 18.5 Å². The molecule has 2 rings (SSSR count). The molecule has 3 nitrogen and oxygen atoms in total. The van der Waals surface area contributed by atoms with Crippen LogP contribution in [0.4, 0.5) is 4.39 Å². The van der Waals surface area contributed by atoms with Gasteiger partial charge in [-0.05, 0) is 42.7 Å². The summed E-state index contributed by atoms with van der Waals surface area (Å²) in [4.78, 5) is 4.13. The summed E-state index contributed by atoms with van der Waals surface area (Å²) in [6.45, 7) is 2.01. The lowest BCUT2D eigenvalue weighted by atomic mass is 9.85. The monoisotopic (exact) mass is 274 g/mol. The van der Waals surface area contributed by atoms with E-state index in [1.165, 1.54) is 12.3 Å². The number of aromatic nitrogens is 1. The number of methoxy groups -OCH3 is 1. The van der Waals surface area contributed by atoms with Gasteiger partial charge in [0.05, 0.1) is 24.5 Å². The third-order valence-electron chi connectivity index (χ3n) is 3.52. The Hall–Kier alpha value is -1.94. The van der Waals surface area contributed by atoms with Crippen molar-refractivity contribution in [3.05, 3.63) is 59.7 Å². The summed E-state index contributed by atoms with van der Waals surface area (Å²) in [7, 11) is 1.64. The maximum Gasteiger partial charge on any atom is 0.141 e. The lowest BCUT2D eigenvalue weighted by Crippen LogP contribution is -2.39. The van der Waals surface area contributed by atoms with Gasteiger partial charge in [0.1, 0.15) is 11.6 Å². The third-order valence-corrected chi connectivity index (χ3v) is 3.52. The number of benzene rings is 1. The molecule has 0 saturated heterocycles. The lowest BCUT2D eigenvalue weighted by Gasteiger charge is -2.28. The molecule has 1 aromatic heterocycles. The van der Waals surface area contributed by atoms with Gasteiger partial charge < -0.3 is 10.5 Å². The standard InChI is InChI=1S/C16H19FN2O/c1-3-16(18,15-8-7-13(17)11-19-15)10-12-5-4-6-14(9-12)20-2/h4-9,11H,3,10,18H2,1-2H3. The van der Waals surface area contributed by atoms with Gasteiger partial charge in [0.15, 0.2) is 0 Å². The molecule has 0 aliphatic heterocycles. The van der Waals surface area contributed by atoms with Gasteiger partial charge in [0.2, 0.25) is 0 Å². The summed E-state index contributed by atoms with van der Waals surface area (Å²) in [5, 5.41) is 0. The fraction of sp³-hybridized carbons (Fsp3) is 0.312. The second kappa shape index (κ2) is 6.01. The topological polar surface area (TPSA) is 48.1 Å². The van der Waals surface area contributed by atoms with E-state index in [1.807, 2.05) is 31.2 Å². The minimum Gasteiger partial charge on any atom is -0.497 e. The maximum absolute atomic E-state index is 13.0. The highest BCUT2D eigenvalue weighted by molar-refractivity contribution is 5.31.